The molecule has 0 bridgehead atoms. The molecule has 15 heavy (non-hydrogen) atoms. The Kier molecular flexibility index (Phi) is 1.92. The van der Waals surface area contributed by atoms with Crippen LogP contribution in [-0.4, -0.2) is 20.1 Å². The van der Waals surface area contributed by atoms with E-state index in [0.717, 1.165) is 17.6 Å². The summed E-state index contributed by atoms with van der Waals surface area (Å²) in [5.41, 5.74) is 2.18. The molecule has 0 amide bonds. The number of fused-ring (bicyclic) bond motifs is 1. The van der Waals surface area contributed by atoms with Gasteiger partial charge in [-0.05, 0) is 12.1 Å². The van der Waals surface area contributed by atoms with E-state index in [0.29, 0.717) is 5.25 Å². The van der Waals surface area contributed by atoms with Crippen molar-refractivity contribution in [3.05, 3.63) is 34.7 Å². The van der Waals surface area contributed by atoms with Crippen molar-refractivity contribution in [2.45, 2.75) is 11.8 Å². The second kappa shape index (κ2) is 3.17. The Morgan fingerprint density at radius 3 is 2.73 bits per heavy atom. The van der Waals surface area contributed by atoms with Gasteiger partial charge in [-0.3, -0.25) is 9.13 Å². The van der Waals surface area contributed by atoms with Crippen LogP contribution in [0.3, 0.4) is 0 Å². The molecule has 2 aromatic rings. The van der Waals surface area contributed by atoms with Crippen molar-refractivity contribution in [3.8, 4) is 0 Å². The average Bonchev–Trinajstić information content (AvgIpc) is 3.04. The van der Waals surface area contributed by atoms with E-state index in [-0.39, 0.29) is 5.69 Å². The molecule has 1 aromatic carbocycles. The lowest BCUT2D eigenvalue weighted by Gasteiger charge is -1.99. The zero-order chi connectivity index (χ0) is 10.4. The van der Waals surface area contributed by atoms with Gasteiger partial charge in [0.2, 0.25) is 0 Å². The maximum atomic E-state index is 12.0. The van der Waals surface area contributed by atoms with Gasteiger partial charge in [0.15, 0.2) is 0 Å². The summed E-state index contributed by atoms with van der Waals surface area (Å²) in [5, 5.41) is 0.647. The second-order valence-corrected chi connectivity index (χ2v) is 5.23. The van der Waals surface area contributed by atoms with Crippen molar-refractivity contribution in [1.29, 1.82) is 0 Å². The standard InChI is InChI=1S/C11H12N2OS/c1-12-9-4-2-3-5-10(9)13(11(12)14)6-8-7-15-8/h2-5,8H,6-7H2,1H3/t8-/m0/s1. The van der Waals surface area contributed by atoms with E-state index >= 15 is 0 Å². The number of imidazole rings is 1. The summed E-state index contributed by atoms with van der Waals surface area (Å²) < 4.78 is 3.61. The molecule has 1 saturated heterocycles. The molecule has 0 spiro atoms. The highest BCUT2D eigenvalue weighted by atomic mass is 32.2. The van der Waals surface area contributed by atoms with Crippen molar-refractivity contribution in [3.63, 3.8) is 0 Å². The summed E-state index contributed by atoms with van der Waals surface area (Å²) in [6.45, 7) is 0.852. The number of hydrogen-bond donors (Lipinski definition) is 0. The van der Waals surface area contributed by atoms with E-state index in [1.165, 1.54) is 5.75 Å². The van der Waals surface area contributed by atoms with E-state index in [2.05, 4.69) is 0 Å². The molecule has 1 aromatic heterocycles. The number of aromatic nitrogens is 2. The first kappa shape index (κ1) is 9.09. The first-order chi connectivity index (χ1) is 7.27. The Morgan fingerprint density at radius 2 is 2.07 bits per heavy atom. The monoisotopic (exact) mass is 220 g/mol. The molecular formula is C11H12N2OS. The van der Waals surface area contributed by atoms with E-state index in [1.54, 1.807) is 4.57 Å². The molecule has 3 nitrogen and oxygen atoms in total. The van der Waals surface area contributed by atoms with Crippen molar-refractivity contribution in [2.24, 2.45) is 7.05 Å². The molecule has 78 valence electrons. The first-order valence-electron chi connectivity index (χ1n) is 5.03. The topological polar surface area (TPSA) is 26.9 Å². The molecule has 0 saturated carbocycles. The molecule has 1 atom stereocenters. The lowest BCUT2D eigenvalue weighted by atomic mass is 10.3. The van der Waals surface area contributed by atoms with E-state index in [1.807, 2.05) is 47.6 Å². The second-order valence-electron chi connectivity index (χ2n) is 3.90. The van der Waals surface area contributed by atoms with Gasteiger partial charge < -0.3 is 0 Å². The van der Waals surface area contributed by atoms with Crippen LogP contribution in [0.15, 0.2) is 29.1 Å². The van der Waals surface area contributed by atoms with Gasteiger partial charge in [-0.15, -0.1) is 0 Å². The smallest absolute Gasteiger partial charge is 0.295 e. The highest BCUT2D eigenvalue weighted by Gasteiger charge is 2.24. The molecule has 0 unspecified atom stereocenters. The van der Waals surface area contributed by atoms with E-state index in [9.17, 15) is 4.79 Å². The molecule has 0 N–H and O–H groups in total. The average molecular weight is 220 g/mol. The van der Waals surface area contributed by atoms with Crippen molar-refractivity contribution in [1.82, 2.24) is 9.13 Å². The van der Waals surface area contributed by atoms with Gasteiger partial charge in [-0.1, -0.05) is 12.1 Å². The van der Waals surface area contributed by atoms with Gasteiger partial charge in [0, 0.05) is 24.6 Å². The zero-order valence-corrected chi connectivity index (χ0v) is 9.33. The van der Waals surface area contributed by atoms with Gasteiger partial charge in [0.25, 0.3) is 0 Å². The maximum absolute atomic E-state index is 12.0. The van der Waals surface area contributed by atoms with Crippen LogP contribution in [0.2, 0.25) is 0 Å². The third-order valence-corrected chi connectivity index (χ3v) is 3.79. The first-order valence-corrected chi connectivity index (χ1v) is 6.08. The number of thioether (sulfide) groups is 1. The molecule has 1 aliphatic rings. The van der Waals surface area contributed by atoms with Gasteiger partial charge in [0.1, 0.15) is 0 Å². The fourth-order valence-corrected chi connectivity index (χ4v) is 2.41. The minimum absolute atomic E-state index is 0.101. The van der Waals surface area contributed by atoms with E-state index in [4.69, 9.17) is 0 Å². The lowest BCUT2D eigenvalue weighted by molar-refractivity contribution is 0.685. The number of hydrogen-bond acceptors (Lipinski definition) is 2. The number of benzene rings is 1. The summed E-state index contributed by atoms with van der Waals surface area (Å²) in [6.07, 6.45) is 0. The zero-order valence-electron chi connectivity index (χ0n) is 8.51. The Morgan fingerprint density at radius 1 is 1.40 bits per heavy atom. The number of nitrogens with zero attached hydrogens (tertiary/aromatic N) is 2. The van der Waals surface area contributed by atoms with Crippen LogP contribution in [0.25, 0.3) is 11.0 Å². The van der Waals surface area contributed by atoms with Crippen molar-refractivity contribution >= 4 is 22.8 Å². The Hall–Kier alpha value is -1.16. The molecule has 0 radical (unpaired) electrons. The van der Waals surface area contributed by atoms with Gasteiger partial charge >= 0.3 is 5.69 Å². The molecule has 0 aliphatic carbocycles. The maximum Gasteiger partial charge on any atom is 0.328 e. The van der Waals surface area contributed by atoms with Crippen LogP contribution in [0, 0.1) is 0 Å². The van der Waals surface area contributed by atoms with Gasteiger partial charge in [0.05, 0.1) is 11.0 Å². The summed E-state index contributed by atoms with van der Waals surface area (Å²) in [6, 6.07) is 7.97. The summed E-state index contributed by atoms with van der Waals surface area (Å²) >= 11 is 1.92. The fourth-order valence-electron chi connectivity index (χ4n) is 1.92. The largest absolute Gasteiger partial charge is 0.328 e. The lowest BCUT2D eigenvalue weighted by Crippen LogP contribution is -2.23. The number of para-hydroxylation sites is 2. The minimum atomic E-state index is 0.101. The van der Waals surface area contributed by atoms with Gasteiger partial charge in [-0.2, -0.15) is 11.8 Å². The molecular weight excluding hydrogens is 208 g/mol. The highest BCUT2D eigenvalue weighted by Crippen LogP contribution is 2.31. The summed E-state index contributed by atoms with van der Waals surface area (Å²) in [5.74, 6) is 1.19. The molecule has 4 heteroatoms. The van der Waals surface area contributed by atoms with Crippen molar-refractivity contribution < 1.29 is 0 Å². The van der Waals surface area contributed by atoms with Gasteiger partial charge in [-0.25, -0.2) is 4.79 Å². The summed E-state index contributed by atoms with van der Waals surface area (Å²) in [4.78, 5) is 12.0. The predicted molar refractivity (Wildman–Crippen MR) is 63.4 cm³/mol. The quantitative estimate of drug-likeness (QED) is 0.716. The van der Waals surface area contributed by atoms with Crippen molar-refractivity contribution in [2.75, 3.05) is 5.75 Å². The van der Waals surface area contributed by atoms with Crippen LogP contribution in [0.1, 0.15) is 0 Å². The molecule has 2 heterocycles. The normalized spacial score (nSPS) is 19.7. The highest BCUT2D eigenvalue weighted by molar-refractivity contribution is 8.06. The van der Waals surface area contributed by atoms with Crippen LogP contribution in [0.4, 0.5) is 0 Å². The van der Waals surface area contributed by atoms with Crippen LogP contribution >= 0.6 is 11.8 Å². The van der Waals surface area contributed by atoms with E-state index < -0.39 is 0 Å². The Balaban J connectivity index is 2.25. The third kappa shape index (κ3) is 1.40. The summed E-state index contributed by atoms with van der Waals surface area (Å²) in [7, 11) is 1.83. The van der Waals surface area contributed by atoms with Crippen LogP contribution in [0.5, 0.6) is 0 Å². The molecule has 3 rings (SSSR count). The minimum Gasteiger partial charge on any atom is -0.295 e. The van der Waals surface area contributed by atoms with Crippen LogP contribution < -0.4 is 5.69 Å². The number of aryl methyl sites for hydroxylation is 1. The SMILES string of the molecule is Cn1c(=O)n(C[C@H]2CS2)c2ccccc21. The Bertz CT molecular complexity index is 565. The van der Waals surface area contributed by atoms with Crippen LogP contribution in [-0.2, 0) is 13.6 Å². The fraction of sp³-hybridized carbons (Fsp3) is 0.364. The number of rotatable bonds is 2. The molecule has 1 aliphatic heterocycles. The third-order valence-electron chi connectivity index (χ3n) is 2.84. The Labute approximate surface area is 91.7 Å². The molecule has 1 fully saturated rings. The predicted octanol–water partition coefficient (Wildman–Crippen LogP) is 1.46.